The number of piperidine rings is 1. The fraction of sp³-hybridized carbons (Fsp3) is 0.643. The lowest BCUT2D eigenvalue weighted by atomic mass is 9.77. The SMILES string of the molecule is NNc1cc(N2CCC3(CCCC3)CC2)ccn1. The quantitative estimate of drug-likeness (QED) is 0.622. The van der Waals surface area contributed by atoms with E-state index in [1.807, 2.05) is 12.3 Å². The molecule has 1 aliphatic carbocycles. The van der Waals surface area contributed by atoms with Crippen molar-refractivity contribution in [1.29, 1.82) is 0 Å². The zero-order valence-corrected chi connectivity index (χ0v) is 10.9. The zero-order valence-electron chi connectivity index (χ0n) is 10.9. The van der Waals surface area contributed by atoms with Gasteiger partial charge in [-0.2, -0.15) is 0 Å². The van der Waals surface area contributed by atoms with E-state index in [9.17, 15) is 0 Å². The number of nitrogens with one attached hydrogen (secondary N) is 1. The van der Waals surface area contributed by atoms with Gasteiger partial charge in [0.1, 0.15) is 5.82 Å². The molecule has 1 aromatic rings. The van der Waals surface area contributed by atoms with E-state index in [1.165, 1.54) is 57.3 Å². The van der Waals surface area contributed by atoms with Crippen LogP contribution in [0.2, 0.25) is 0 Å². The number of rotatable bonds is 2. The summed E-state index contributed by atoms with van der Waals surface area (Å²) in [4.78, 5) is 6.63. The number of nitrogen functional groups attached to an aromatic ring is 1. The monoisotopic (exact) mass is 246 g/mol. The molecule has 2 heterocycles. The van der Waals surface area contributed by atoms with Crippen molar-refractivity contribution in [2.45, 2.75) is 38.5 Å². The molecule has 4 nitrogen and oxygen atoms in total. The molecule has 0 bridgehead atoms. The van der Waals surface area contributed by atoms with Crippen molar-refractivity contribution in [2.24, 2.45) is 11.3 Å². The number of anilines is 2. The van der Waals surface area contributed by atoms with Gasteiger partial charge in [0.25, 0.3) is 0 Å². The van der Waals surface area contributed by atoms with Crippen LogP contribution in [0.1, 0.15) is 38.5 Å². The molecule has 0 aromatic carbocycles. The standard InChI is InChI=1S/C14H22N4/c15-17-13-11-12(3-8-16-13)18-9-6-14(7-10-18)4-1-2-5-14/h3,8,11H,1-2,4-7,9-10,15H2,(H,16,17). The maximum atomic E-state index is 5.41. The second-order valence-electron chi connectivity index (χ2n) is 5.74. The lowest BCUT2D eigenvalue weighted by Crippen LogP contribution is -2.38. The molecule has 0 radical (unpaired) electrons. The summed E-state index contributed by atoms with van der Waals surface area (Å²) in [6, 6.07) is 4.11. The summed E-state index contributed by atoms with van der Waals surface area (Å²) in [5.74, 6) is 6.16. The van der Waals surface area contributed by atoms with Crippen molar-refractivity contribution < 1.29 is 0 Å². The van der Waals surface area contributed by atoms with Crippen molar-refractivity contribution in [3.63, 3.8) is 0 Å². The van der Waals surface area contributed by atoms with Gasteiger partial charge in [0.2, 0.25) is 0 Å². The number of nitrogens with zero attached hydrogens (tertiary/aromatic N) is 2. The third kappa shape index (κ3) is 2.17. The van der Waals surface area contributed by atoms with E-state index in [0.29, 0.717) is 5.41 Å². The van der Waals surface area contributed by atoms with Crippen molar-refractivity contribution in [3.8, 4) is 0 Å². The van der Waals surface area contributed by atoms with Crippen LogP contribution in [0.3, 0.4) is 0 Å². The number of aromatic nitrogens is 1. The van der Waals surface area contributed by atoms with Crippen LogP contribution in [0, 0.1) is 5.41 Å². The third-order valence-electron chi connectivity index (χ3n) is 4.74. The van der Waals surface area contributed by atoms with E-state index in [0.717, 1.165) is 5.82 Å². The molecule has 1 aliphatic heterocycles. The molecular formula is C14H22N4. The zero-order chi connectivity index (χ0) is 12.4. The van der Waals surface area contributed by atoms with Crippen LogP contribution in [0.15, 0.2) is 18.3 Å². The van der Waals surface area contributed by atoms with E-state index in [4.69, 9.17) is 5.84 Å². The Morgan fingerprint density at radius 2 is 1.89 bits per heavy atom. The van der Waals surface area contributed by atoms with Crippen LogP contribution < -0.4 is 16.2 Å². The van der Waals surface area contributed by atoms with Gasteiger partial charge >= 0.3 is 0 Å². The molecule has 0 unspecified atom stereocenters. The van der Waals surface area contributed by atoms with Gasteiger partial charge in [-0.3, -0.25) is 0 Å². The normalized spacial score (nSPS) is 22.4. The summed E-state index contributed by atoms with van der Waals surface area (Å²) in [5, 5.41) is 0. The third-order valence-corrected chi connectivity index (χ3v) is 4.74. The lowest BCUT2D eigenvalue weighted by Gasteiger charge is -2.40. The van der Waals surface area contributed by atoms with E-state index in [1.54, 1.807) is 0 Å². The fourth-order valence-corrected chi connectivity index (χ4v) is 3.56. The smallest absolute Gasteiger partial charge is 0.141 e. The first kappa shape index (κ1) is 11.8. The maximum Gasteiger partial charge on any atom is 0.141 e. The first-order chi connectivity index (χ1) is 8.81. The minimum absolute atomic E-state index is 0.679. The Balaban J connectivity index is 1.68. The van der Waals surface area contributed by atoms with Crippen molar-refractivity contribution in [3.05, 3.63) is 18.3 Å². The Labute approximate surface area is 109 Å². The molecule has 4 heteroatoms. The minimum Gasteiger partial charge on any atom is -0.371 e. The maximum absolute atomic E-state index is 5.41. The number of pyridine rings is 1. The van der Waals surface area contributed by atoms with Crippen LogP contribution in [0.25, 0.3) is 0 Å². The number of hydrogen-bond donors (Lipinski definition) is 2. The van der Waals surface area contributed by atoms with E-state index < -0.39 is 0 Å². The molecular weight excluding hydrogens is 224 g/mol. The van der Waals surface area contributed by atoms with E-state index in [2.05, 4.69) is 21.4 Å². The summed E-state index contributed by atoms with van der Waals surface area (Å²) < 4.78 is 0. The fourth-order valence-electron chi connectivity index (χ4n) is 3.56. The predicted molar refractivity (Wildman–Crippen MR) is 74.4 cm³/mol. The van der Waals surface area contributed by atoms with Gasteiger partial charge in [-0.05, 0) is 37.2 Å². The van der Waals surface area contributed by atoms with Gasteiger partial charge in [0, 0.05) is 31.0 Å². The molecule has 0 atom stereocenters. The Morgan fingerprint density at radius 3 is 2.56 bits per heavy atom. The number of hydrazine groups is 1. The van der Waals surface area contributed by atoms with Crippen LogP contribution in [0.5, 0.6) is 0 Å². The average molecular weight is 246 g/mol. The molecule has 2 aliphatic rings. The van der Waals surface area contributed by atoms with Crippen molar-refractivity contribution >= 4 is 11.5 Å². The Hall–Kier alpha value is -1.29. The molecule has 3 rings (SSSR count). The van der Waals surface area contributed by atoms with Crippen molar-refractivity contribution in [2.75, 3.05) is 23.4 Å². The largest absolute Gasteiger partial charge is 0.371 e. The molecule has 1 spiro atoms. The number of nitrogens with two attached hydrogens (primary N) is 1. The highest BCUT2D eigenvalue weighted by Crippen LogP contribution is 2.46. The number of hydrogen-bond acceptors (Lipinski definition) is 4. The summed E-state index contributed by atoms with van der Waals surface area (Å²) in [5.41, 5.74) is 4.54. The van der Waals surface area contributed by atoms with Crippen LogP contribution in [0.4, 0.5) is 11.5 Å². The molecule has 0 amide bonds. The topological polar surface area (TPSA) is 54.2 Å². The summed E-state index contributed by atoms with van der Waals surface area (Å²) >= 11 is 0. The van der Waals surface area contributed by atoms with Gasteiger partial charge in [0.05, 0.1) is 0 Å². The van der Waals surface area contributed by atoms with Gasteiger partial charge in [-0.15, -0.1) is 0 Å². The van der Waals surface area contributed by atoms with Crippen LogP contribution in [-0.2, 0) is 0 Å². The summed E-state index contributed by atoms with van der Waals surface area (Å²) in [7, 11) is 0. The molecule has 1 saturated heterocycles. The Bertz CT molecular complexity index is 402. The highest BCUT2D eigenvalue weighted by atomic mass is 15.3. The Kier molecular flexibility index (Phi) is 3.12. The molecule has 1 aromatic heterocycles. The Morgan fingerprint density at radius 1 is 1.17 bits per heavy atom. The molecule has 18 heavy (non-hydrogen) atoms. The van der Waals surface area contributed by atoms with Gasteiger partial charge in [-0.25, -0.2) is 10.8 Å². The van der Waals surface area contributed by atoms with E-state index >= 15 is 0 Å². The molecule has 3 N–H and O–H groups in total. The first-order valence-electron chi connectivity index (χ1n) is 6.99. The van der Waals surface area contributed by atoms with Crippen molar-refractivity contribution in [1.82, 2.24) is 4.98 Å². The lowest BCUT2D eigenvalue weighted by molar-refractivity contribution is 0.226. The van der Waals surface area contributed by atoms with Crippen LogP contribution in [-0.4, -0.2) is 18.1 Å². The predicted octanol–water partition coefficient (Wildman–Crippen LogP) is 2.53. The van der Waals surface area contributed by atoms with Gasteiger partial charge in [-0.1, -0.05) is 12.8 Å². The molecule has 1 saturated carbocycles. The molecule has 2 fully saturated rings. The molecule has 98 valence electrons. The van der Waals surface area contributed by atoms with Crippen LogP contribution >= 0.6 is 0 Å². The second kappa shape index (κ2) is 4.76. The van der Waals surface area contributed by atoms with Gasteiger partial charge < -0.3 is 10.3 Å². The first-order valence-corrected chi connectivity index (χ1v) is 6.99. The highest BCUT2D eigenvalue weighted by molar-refractivity contribution is 5.53. The summed E-state index contributed by atoms with van der Waals surface area (Å²) in [6.07, 6.45) is 10.3. The van der Waals surface area contributed by atoms with Gasteiger partial charge in [0.15, 0.2) is 0 Å². The van der Waals surface area contributed by atoms with E-state index in [-0.39, 0.29) is 0 Å². The average Bonchev–Trinajstić information content (AvgIpc) is 2.88. The minimum atomic E-state index is 0.679. The summed E-state index contributed by atoms with van der Waals surface area (Å²) in [6.45, 7) is 2.35. The second-order valence-corrected chi connectivity index (χ2v) is 5.74. The highest BCUT2D eigenvalue weighted by Gasteiger charge is 2.36.